The van der Waals surface area contributed by atoms with E-state index in [-0.39, 0.29) is 17.4 Å². The van der Waals surface area contributed by atoms with E-state index in [0.717, 1.165) is 64.6 Å². The summed E-state index contributed by atoms with van der Waals surface area (Å²) in [4.78, 5) is 30.3. The zero-order chi connectivity index (χ0) is 32.0. The number of carbonyl (C=O) groups excluding carboxylic acids is 2. The molecule has 10 heteroatoms. The number of ether oxygens (including phenoxy) is 1. The van der Waals surface area contributed by atoms with Gasteiger partial charge in [-0.2, -0.15) is 12.7 Å². The fraction of sp³-hybridized carbons (Fsp3) is 0.556. The predicted molar refractivity (Wildman–Crippen MR) is 177 cm³/mol. The number of methoxy groups -OCH3 is 1. The van der Waals surface area contributed by atoms with Crippen LogP contribution in [0.5, 0.6) is 5.75 Å². The molecule has 8 rings (SSSR count). The minimum absolute atomic E-state index is 0.0931. The molecule has 1 saturated heterocycles. The Balaban J connectivity index is 1.31. The number of hydrogen-bond acceptors (Lipinski definition) is 5. The summed E-state index contributed by atoms with van der Waals surface area (Å²) in [7, 11) is 0.528. The maximum atomic E-state index is 14.7. The SMILES string of the molecule is COc1ccc2c(c1)C1CC1(C(=O)N1CC3CCC(C3)C1)Cn1c-2c(C2CCCCC2)c2ccc(C(=O)NS(=O)(=O)N(C)C)cc21. The van der Waals surface area contributed by atoms with Gasteiger partial charge in [0.15, 0.2) is 0 Å². The molecule has 2 aliphatic heterocycles. The number of piperidine rings is 1. The van der Waals surface area contributed by atoms with Gasteiger partial charge >= 0.3 is 10.2 Å². The molecular formula is C36H44N4O5S. The van der Waals surface area contributed by atoms with Crippen LogP contribution in [0.25, 0.3) is 22.2 Å². The lowest BCUT2D eigenvalue weighted by atomic mass is 9.81. The van der Waals surface area contributed by atoms with E-state index in [1.54, 1.807) is 13.2 Å². The highest BCUT2D eigenvalue weighted by Crippen LogP contribution is 2.66. The summed E-state index contributed by atoms with van der Waals surface area (Å²) in [5.41, 5.74) is 5.39. The number of aromatic nitrogens is 1. The zero-order valence-electron chi connectivity index (χ0n) is 27.0. The van der Waals surface area contributed by atoms with E-state index >= 15 is 0 Å². The van der Waals surface area contributed by atoms with Crippen molar-refractivity contribution in [3.63, 3.8) is 0 Å². The van der Waals surface area contributed by atoms with Gasteiger partial charge in [0.1, 0.15) is 5.75 Å². The van der Waals surface area contributed by atoms with Crippen molar-refractivity contribution in [2.24, 2.45) is 17.3 Å². The molecule has 0 spiro atoms. The highest BCUT2D eigenvalue weighted by Gasteiger charge is 2.64. The van der Waals surface area contributed by atoms with Crippen LogP contribution in [0.4, 0.5) is 0 Å². The molecular weight excluding hydrogens is 600 g/mol. The van der Waals surface area contributed by atoms with Crippen LogP contribution in [0.15, 0.2) is 36.4 Å². The molecule has 3 aromatic rings. The number of nitrogens with zero attached hydrogens (tertiary/aromatic N) is 3. The molecule has 2 amide bonds. The van der Waals surface area contributed by atoms with E-state index in [1.165, 1.54) is 63.7 Å². The molecule has 3 saturated carbocycles. The van der Waals surface area contributed by atoms with Gasteiger partial charge in [0, 0.05) is 61.7 Å². The Labute approximate surface area is 271 Å². The van der Waals surface area contributed by atoms with Gasteiger partial charge < -0.3 is 14.2 Å². The Bertz CT molecular complexity index is 1850. The summed E-state index contributed by atoms with van der Waals surface area (Å²) in [5, 5.41) is 1.09. The van der Waals surface area contributed by atoms with Crippen molar-refractivity contribution >= 4 is 32.9 Å². The van der Waals surface area contributed by atoms with Crippen molar-refractivity contribution in [2.45, 2.75) is 76.2 Å². The first-order valence-electron chi connectivity index (χ1n) is 17.0. The van der Waals surface area contributed by atoms with Gasteiger partial charge in [-0.15, -0.1) is 0 Å². The highest BCUT2D eigenvalue weighted by atomic mass is 32.2. The molecule has 1 aromatic heterocycles. The number of fused-ring (bicyclic) bond motifs is 9. The number of hydrogen-bond donors (Lipinski definition) is 1. The second-order valence-corrected chi connectivity index (χ2v) is 16.6. The second-order valence-electron chi connectivity index (χ2n) is 14.8. The Kier molecular flexibility index (Phi) is 7.07. The number of benzene rings is 2. The van der Waals surface area contributed by atoms with Crippen LogP contribution in [0.2, 0.25) is 0 Å². The first-order chi connectivity index (χ1) is 22.1. The van der Waals surface area contributed by atoms with Crippen molar-refractivity contribution in [1.82, 2.24) is 18.5 Å². The van der Waals surface area contributed by atoms with Crippen molar-refractivity contribution < 1.29 is 22.7 Å². The van der Waals surface area contributed by atoms with Crippen LogP contribution in [-0.2, 0) is 21.5 Å². The van der Waals surface area contributed by atoms with E-state index in [1.807, 2.05) is 18.2 Å². The largest absolute Gasteiger partial charge is 0.497 e. The van der Waals surface area contributed by atoms with Crippen molar-refractivity contribution in [3.8, 4) is 17.0 Å². The molecule has 5 aliphatic rings. The lowest BCUT2D eigenvalue weighted by Crippen LogP contribution is -2.46. The monoisotopic (exact) mass is 644 g/mol. The summed E-state index contributed by atoms with van der Waals surface area (Å²) >= 11 is 0. The van der Waals surface area contributed by atoms with Gasteiger partial charge in [-0.3, -0.25) is 9.59 Å². The third-order valence-electron chi connectivity index (χ3n) is 11.8. The second kappa shape index (κ2) is 10.8. The van der Waals surface area contributed by atoms with Gasteiger partial charge in [-0.1, -0.05) is 25.3 Å². The van der Waals surface area contributed by atoms with Crippen molar-refractivity contribution in [2.75, 3.05) is 34.3 Å². The van der Waals surface area contributed by atoms with Crippen molar-refractivity contribution in [3.05, 3.63) is 53.1 Å². The Morgan fingerprint density at radius 2 is 1.72 bits per heavy atom. The van der Waals surface area contributed by atoms with E-state index < -0.39 is 21.5 Å². The molecule has 46 heavy (non-hydrogen) atoms. The zero-order valence-corrected chi connectivity index (χ0v) is 27.9. The Hall–Kier alpha value is -3.37. The average Bonchev–Trinajstić information content (AvgIpc) is 3.60. The topological polar surface area (TPSA) is 101 Å². The number of amides is 2. The van der Waals surface area contributed by atoms with Gasteiger partial charge in [-0.25, -0.2) is 4.72 Å². The molecule has 1 N–H and O–H groups in total. The summed E-state index contributed by atoms with van der Waals surface area (Å²) < 4.78 is 36.4. The predicted octanol–water partition coefficient (Wildman–Crippen LogP) is 5.65. The molecule has 3 heterocycles. The fourth-order valence-electron chi connectivity index (χ4n) is 9.38. The molecule has 2 aromatic carbocycles. The van der Waals surface area contributed by atoms with Gasteiger partial charge in [-0.05, 0) is 97.7 Å². The van der Waals surface area contributed by atoms with E-state index in [0.29, 0.717) is 24.3 Å². The number of likely N-dealkylation sites (tertiary alicyclic amines) is 1. The van der Waals surface area contributed by atoms with E-state index in [9.17, 15) is 18.0 Å². The third-order valence-corrected chi connectivity index (χ3v) is 13.2. The van der Waals surface area contributed by atoms with Crippen LogP contribution >= 0.6 is 0 Å². The minimum Gasteiger partial charge on any atom is -0.497 e. The van der Waals surface area contributed by atoms with Crippen LogP contribution in [0.3, 0.4) is 0 Å². The van der Waals surface area contributed by atoms with Crippen LogP contribution < -0.4 is 9.46 Å². The maximum Gasteiger partial charge on any atom is 0.303 e. The summed E-state index contributed by atoms with van der Waals surface area (Å²) in [6.45, 7) is 2.25. The molecule has 4 fully saturated rings. The quantitative estimate of drug-likeness (QED) is 0.374. The van der Waals surface area contributed by atoms with E-state index in [2.05, 4.69) is 26.3 Å². The number of carbonyl (C=O) groups is 2. The average molecular weight is 645 g/mol. The smallest absolute Gasteiger partial charge is 0.303 e. The maximum absolute atomic E-state index is 14.7. The number of nitrogens with one attached hydrogen (secondary N) is 1. The minimum atomic E-state index is -3.96. The van der Waals surface area contributed by atoms with Gasteiger partial charge in [0.05, 0.1) is 18.2 Å². The standard InChI is InChI=1S/C36H44N4O5S/c1-38(2)46(43,44)37-34(41)25-11-13-28-31(16-25)40-21-36(35(42)39-19-22-9-10-23(15-22)20-39)18-30(36)29-17-26(45-3)12-14-27(29)33(40)32(28)24-7-5-4-6-8-24/h11-14,16-17,22-24,30H,4-10,15,18-21H2,1-3H3,(H,37,41). The summed E-state index contributed by atoms with van der Waals surface area (Å²) in [6, 6.07) is 11.9. The molecule has 4 atom stereocenters. The van der Waals surface area contributed by atoms with Crippen molar-refractivity contribution in [1.29, 1.82) is 0 Å². The van der Waals surface area contributed by atoms with Crippen LogP contribution in [-0.4, -0.2) is 68.3 Å². The first kappa shape index (κ1) is 30.0. The lowest BCUT2D eigenvalue weighted by Gasteiger charge is -2.35. The molecule has 0 radical (unpaired) electrons. The summed E-state index contributed by atoms with van der Waals surface area (Å²) in [5.74, 6) is 2.08. The molecule has 4 unspecified atom stereocenters. The molecule has 3 aliphatic carbocycles. The van der Waals surface area contributed by atoms with Crippen LogP contribution in [0, 0.1) is 17.3 Å². The normalized spacial score (nSPS) is 27.1. The van der Waals surface area contributed by atoms with Gasteiger partial charge in [0.2, 0.25) is 5.91 Å². The number of rotatable bonds is 6. The fourth-order valence-corrected chi connectivity index (χ4v) is 9.91. The third kappa shape index (κ3) is 4.69. The van der Waals surface area contributed by atoms with Crippen LogP contribution in [0.1, 0.15) is 91.1 Å². The molecule has 2 bridgehead atoms. The molecule has 244 valence electrons. The molecule has 9 nitrogen and oxygen atoms in total. The summed E-state index contributed by atoms with van der Waals surface area (Å²) in [6.07, 6.45) is 10.3. The van der Waals surface area contributed by atoms with Gasteiger partial charge in [0.25, 0.3) is 5.91 Å². The lowest BCUT2D eigenvalue weighted by molar-refractivity contribution is -0.140. The van der Waals surface area contributed by atoms with E-state index in [4.69, 9.17) is 4.74 Å². The first-order valence-corrected chi connectivity index (χ1v) is 18.4. The Morgan fingerprint density at radius 3 is 2.41 bits per heavy atom. The Morgan fingerprint density at radius 1 is 0.978 bits per heavy atom. The highest BCUT2D eigenvalue weighted by molar-refractivity contribution is 7.87.